The van der Waals surface area contributed by atoms with Gasteiger partial charge in [0.1, 0.15) is 5.01 Å². The Labute approximate surface area is 88.5 Å². The van der Waals surface area contributed by atoms with Crippen LogP contribution < -0.4 is 5.32 Å². The molecule has 1 atom stereocenters. The fourth-order valence-electron chi connectivity index (χ4n) is 1.65. The summed E-state index contributed by atoms with van der Waals surface area (Å²) in [5.41, 5.74) is 1.23. The molecular formula is C10H16N2OS. The van der Waals surface area contributed by atoms with Gasteiger partial charge in [-0.1, -0.05) is 6.92 Å². The third-order valence-electron chi connectivity index (χ3n) is 2.46. The normalized spacial score (nSPS) is 22.6. The lowest BCUT2D eigenvalue weighted by atomic mass is 10.3. The smallest absolute Gasteiger partial charge is 0.112 e. The summed E-state index contributed by atoms with van der Waals surface area (Å²) in [6.45, 7) is 6.81. The highest BCUT2D eigenvalue weighted by Gasteiger charge is 2.19. The molecule has 0 aliphatic carbocycles. The van der Waals surface area contributed by atoms with Gasteiger partial charge in [0.15, 0.2) is 0 Å². The first kappa shape index (κ1) is 10.1. The summed E-state index contributed by atoms with van der Waals surface area (Å²) in [4.78, 5) is 5.97. The van der Waals surface area contributed by atoms with Gasteiger partial charge in [0.05, 0.1) is 24.9 Å². The molecule has 1 aromatic rings. The lowest BCUT2D eigenvalue weighted by molar-refractivity contribution is 0.0767. The highest BCUT2D eigenvalue weighted by molar-refractivity contribution is 7.11. The maximum atomic E-state index is 5.42. The van der Waals surface area contributed by atoms with Gasteiger partial charge in [0.2, 0.25) is 0 Å². The van der Waals surface area contributed by atoms with E-state index in [0.717, 1.165) is 26.2 Å². The Morgan fingerprint density at radius 3 is 3.07 bits per heavy atom. The highest BCUT2D eigenvalue weighted by Crippen LogP contribution is 2.24. The number of morpholine rings is 1. The van der Waals surface area contributed by atoms with E-state index < -0.39 is 0 Å². The van der Waals surface area contributed by atoms with Crippen LogP contribution in [0.25, 0.3) is 0 Å². The number of aromatic nitrogens is 1. The standard InChI is InChI=1S/C10H16N2OS/c1-3-8-7(2)14-10(12-8)9-6-13-5-4-11-9/h9,11H,3-6H2,1-2H3. The van der Waals surface area contributed by atoms with Crippen LogP contribution in [0.4, 0.5) is 0 Å². The van der Waals surface area contributed by atoms with Crippen LogP contribution in [0.5, 0.6) is 0 Å². The Morgan fingerprint density at radius 2 is 2.50 bits per heavy atom. The van der Waals surface area contributed by atoms with E-state index in [9.17, 15) is 0 Å². The second kappa shape index (κ2) is 4.38. The monoisotopic (exact) mass is 212 g/mol. The summed E-state index contributed by atoms with van der Waals surface area (Å²) in [6, 6.07) is 0.313. The number of hydrogen-bond acceptors (Lipinski definition) is 4. The molecule has 1 aliphatic rings. The molecule has 2 heterocycles. The maximum absolute atomic E-state index is 5.42. The molecule has 1 saturated heterocycles. The van der Waals surface area contributed by atoms with Gasteiger partial charge in [0.25, 0.3) is 0 Å². The molecule has 3 nitrogen and oxygen atoms in total. The molecule has 0 saturated carbocycles. The van der Waals surface area contributed by atoms with Crippen LogP contribution in [-0.2, 0) is 11.2 Å². The van der Waals surface area contributed by atoms with Crippen molar-refractivity contribution in [2.75, 3.05) is 19.8 Å². The Morgan fingerprint density at radius 1 is 1.64 bits per heavy atom. The second-order valence-electron chi connectivity index (χ2n) is 3.49. The number of nitrogens with one attached hydrogen (secondary N) is 1. The topological polar surface area (TPSA) is 34.1 Å². The minimum absolute atomic E-state index is 0.313. The summed E-state index contributed by atoms with van der Waals surface area (Å²) in [5.74, 6) is 0. The Hall–Kier alpha value is -0.450. The van der Waals surface area contributed by atoms with E-state index >= 15 is 0 Å². The molecule has 1 aliphatic heterocycles. The molecule has 0 amide bonds. The fourth-order valence-corrected chi connectivity index (χ4v) is 2.72. The van der Waals surface area contributed by atoms with Gasteiger partial charge in [-0.15, -0.1) is 11.3 Å². The van der Waals surface area contributed by atoms with Crippen LogP contribution in [0.15, 0.2) is 0 Å². The molecule has 0 bridgehead atoms. The van der Waals surface area contributed by atoms with Gasteiger partial charge in [0, 0.05) is 11.4 Å². The van der Waals surface area contributed by atoms with E-state index in [1.54, 1.807) is 11.3 Å². The molecule has 0 aromatic carbocycles. The largest absolute Gasteiger partial charge is 0.378 e. The molecule has 14 heavy (non-hydrogen) atoms. The molecule has 0 spiro atoms. The summed E-state index contributed by atoms with van der Waals surface area (Å²) < 4.78 is 5.42. The quantitative estimate of drug-likeness (QED) is 0.810. The average Bonchev–Trinajstić information content (AvgIpc) is 2.61. The summed E-state index contributed by atoms with van der Waals surface area (Å²) in [5, 5.41) is 4.60. The first-order valence-corrected chi connectivity index (χ1v) is 5.90. The van der Waals surface area contributed by atoms with Gasteiger partial charge in [-0.3, -0.25) is 0 Å². The average molecular weight is 212 g/mol. The molecular weight excluding hydrogens is 196 g/mol. The van der Waals surface area contributed by atoms with Crippen molar-refractivity contribution >= 4 is 11.3 Å². The van der Waals surface area contributed by atoms with Crippen LogP contribution in [0, 0.1) is 6.92 Å². The molecule has 1 fully saturated rings. The Kier molecular flexibility index (Phi) is 3.15. The van der Waals surface area contributed by atoms with Gasteiger partial charge < -0.3 is 10.1 Å². The zero-order valence-corrected chi connectivity index (χ0v) is 9.49. The highest BCUT2D eigenvalue weighted by atomic mass is 32.1. The van der Waals surface area contributed by atoms with Crippen LogP contribution in [0.3, 0.4) is 0 Å². The lowest BCUT2D eigenvalue weighted by Crippen LogP contribution is -2.34. The first-order valence-electron chi connectivity index (χ1n) is 5.08. The lowest BCUT2D eigenvalue weighted by Gasteiger charge is -2.21. The van der Waals surface area contributed by atoms with Crippen molar-refractivity contribution in [3.8, 4) is 0 Å². The minimum atomic E-state index is 0.313. The van der Waals surface area contributed by atoms with Gasteiger partial charge in [-0.05, 0) is 13.3 Å². The van der Waals surface area contributed by atoms with E-state index in [0.29, 0.717) is 6.04 Å². The van der Waals surface area contributed by atoms with E-state index in [4.69, 9.17) is 4.74 Å². The van der Waals surface area contributed by atoms with Gasteiger partial charge in [-0.25, -0.2) is 4.98 Å². The number of nitrogens with zero attached hydrogens (tertiary/aromatic N) is 1. The number of rotatable bonds is 2. The predicted octanol–water partition coefficient (Wildman–Crippen LogP) is 1.67. The summed E-state index contributed by atoms with van der Waals surface area (Å²) >= 11 is 1.79. The van der Waals surface area contributed by atoms with Crippen LogP contribution in [0.1, 0.15) is 28.5 Å². The van der Waals surface area contributed by atoms with Gasteiger partial charge in [-0.2, -0.15) is 0 Å². The molecule has 1 aromatic heterocycles. The molecule has 0 radical (unpaired) electrons. The third kappa shape index (κ3) is 1.97. The van der Waals surface area contributed by atoms with E-state index in [2.05, 4.69) is 24.1 Å². The molecule has 1 N–H and O–H groups in total. The molecule has 78 valence electrons. The Bertz CT molecular complexity index is 305. The molecule has 1 unspecified atom stereocenters. The zero-order chi connectivity index (χ0) is 9.97. The summed E-state index contributed by atoms with van der Waals surface area (Å²) in [6.07, 6.45) is 1.02. The number of ether oxygens (including phenoxy) is 1. The van der Waals surface area contributed by atoms with Crippen molar-refractivity contribution < 1.29 is 4.74 Å². The second-order valence-corrected chi connectivity index (χ2v) is 4.72. The third-order valence-corrected chi connectivity index (χ3v) is 3.59. The fraction of sp³-hybridized carbons (Fsp3) is 0.700. The number of aryl methyl sites for hydroxylation is 2. The maximum Gasteiger partial charge on any atom is 0.112 e. The van der Waals surface area contributed by atoms with Crippen LogP contribution in [0.2, 0.25) is 0 Å². The van der Waals surface area contributed by atoms with E-state index in [1.165, 1.54) is 15.6 Å². The minimum Gasteiger partial charge on any atom is -0.378 e. The van der Waals surface area contributed by atoms with Crippen LogP contribution >= 0.6 is 11.3 Å². The van der Waals surface area contributed by atoms with Gasteiger partial charge >= 0.3 is 0 Å². The van der Waals surface area contributed by atoms with Crippen molar-refractivity contribution in [3.63, 3.8) is 0 Å². The zero-order valence-electron chi connectivity index (χ0n) is 8.67. The van der Waals surface area contributed by atoms with Crippen LogP contribution in [-0.4, -0.2) is 24.7 Å². The predicted molar refractivity (Wildman–Crippen MR) is 57.8 cm³/mol. The van der Waals surface area contributed by atoms with Crippen molar-refractivity contribution in [2.45, 2.75) is 26.3 Å². The van der Waals surface area contributed by atoms with Crippen molar-refractivity contribution in [3.05, 3.63) is 15.6 Å². The van der Waals surface area contributed by atoms with E-state index in [-0.39, 0.29) is 0 Å². The first-order chi connectivity index (χ1) is 6.81. The Balaban J connectivity index is 2.14. The number of thiazole rings is 1. The van der Waals surface area contributed by atoms with Crippen molar-refractivity contribution in [2.24, 2.45) is 0 Å². The van der Waals surface area contributed by atoms with E-state index in [1.807, 2.05) is 0 Å². The van der Waals surface area contributed by atoms with Crippen molar-refractivity contribution in [1.29, 1.82) is 0 Å². The molecule has 4 heteroatoms. The van der Waals surface area contributed by atoms with Crippen molar-refractivity contribution in [1.82, 2.24) is 10.3 Å². The molecule has 2 rings (SSSR count). The SMILES string of the molecule is CCc1nc(C2COCCN2)sc1C. The number of hydrogen-bond donors (Lipinski definition) is 1. The summed E-state index contributed by atoms with van der Waals surface area (Å²) in [7, 11) is 0.